The lowest BCUT2D eigenvalue weighted by molar-refractivity contribution is 1.03. The van der Waals surface area contributed by atoms with Gasteiger partial charge in [-0.15, -0.1) is 0 Å². The van der Waals surface area contributed by atoms with Crippen LogP contribution < -0.4 is 0 Å². The second-order valence-corrected chi connectivity index (χ2v) is 2.40. The van der Waals surface area contributed by atoms with Crippen LogP contribution in [0.1, 0.15) is 12.8 Å². The van der Waals surface area contributed by atoms with Gasteiger partial charge in [0.1, 0.15) is 0 Å². The average Bonchev–Trinajstić information content (AvgIpc) is 2.37. The fourth-order valence-corrected chi connectivity index (χ4v) is 1.11. The summed E-state index contributed by atoms with van der Waals surface area (Å²) in [6.45, 7) is 7.36. The van der Waals surface area contributed by atoms with Gasteiger partial charge in [-0.05, 0) is 24.0 Å². The van der Waals surface area contributed by atoms with Crippen LogP contribution in [0.25, 0.3) is 0 Å². The maximum Gasteiger partial charge on any atom is -0.0238 e. The molecule has 1 rings (SSSR count). The van der Waals surface area contributed by atoms with Crippen LogP contribution in [0, 0.1) is 0 Å². The Hall–Kier alpha value is -1.04. The molecule has 0 fully saturated rings. The number of allylic oxidation sites excluding steroid dienone is 6. The van der Waals surface area contributed by atoms with Gasteiger partial charge in [-0.3, -0.25) is 0 Å². The van der Waals surface area contributed by atoms with Crippen molar-refractivity contribution in [3.8, 4) is 0 Å². The zero-order valence-electron chi connectivity index (χ0n) is 6.14. The van der Waals surface area contributed by atoms with E-state index in [2.05, 4.69) is 25.3 Å². The van der Waals surface area contributed by atoms with Crippen LogP contribution in [-0.4, -0.2) is 0 Å². The van der Waals surface area contributed by atoms with E-state index in [1.807, 2.05) is 12.2 Å². The molecule has 0 N–H and O–H groups in total. The third-order valence-corrected chi connectivity index (χ3v) is 1.67. The van der Waals surface area contributed by atoms with E-state index in [1.54, 1.807) is 0 Å². The van der Waals surface area contributed by atoms with Crippen LogP contribution in [0.4, 0.5) is 0 Å². The summed E-state index contributed by atoms with van der Waals surface area (Å²) in [5.41, 5.74) is 2.71. The first-order chi connectivity index (χ1) is 4.86. The molecule has 0 aromatic rings. The first-order valence-corrected chi connectivity index (χ1v) is 3.51. The minimum absolute atomic E-state index is 1.14. The summed E-state index contributed by atoms with van der Waals surface area (Å²) in [6, 6.07) is 0. The molecule has 0 atom stereocenters. The van der Waals surface area contributed by atoms with Crippen LogP contribution in [0.3, 0.4) is 0 Å². The first-order valence-electron chi connectivity index (χ1n) is 3.51. The Morgan fingerprint density at radius 1 is 1.30 bits per heavy atom. The molecular weight excluding hydrogens is 120 g/mol. The molecule has 0 nitrogen and oxygen atoms in total. The largest absolute Gasteiger partial charge is 0.0991 e. The highest BCUT2D eigenvalue weighted by Crippen LogP contribution is 2.23. The molecule has 0 saturated carbocycles. The monoisotopic (exact) mass is 132 g/mol. The average molecular weight is 132 g/mol. The van der Waals surface area contributed by atoms with E-state index in [0.717, 1.165) is 12.8 Å². The lowest BCUT2D eigenvalue weighted by atomic mass is 10.2. The molecule has 0 radical (unpaired) electrons. The molecule has 0 aromatic heterocycles. The minimum Gasteiger partial charge on any atom is -0.0991 e. The fourth-order valence-electron chi connectivity index (χ4n) is 1.11. The van der Waals surface area contributed by atoms with Gasteiger partial charge in [-0.1, -0.05) is 37.5 Å². The third kappa shape index (κ3) is 1.47. The predicted molar refractivity (Wildman–Crippen MR) is 45.8 cm³/mol. The summed E-state index contributed by atoms with van der Waals surface area (Å²) in [4.78, 5) is 0. The van der Waals surface area contributed by atoms with Gasteiger partial charge in [-0.25, -0.2) is 0 Å². The van der Waals surface area contributed by atoms with Gasteiger partial charge in [0.05, 0.1) is 0 Å². The molecule has 0 aromatic carbocycles. The third-order valence-electron chi connectivity index (χ3n) is 1.67. The Morgan fingerprint density at radius 2 is 2.10 bits per heavy atom. The van der Waals surface area contributed by atoms with E-state index in [-0.39, 0.29) is 0 Å². The van der Waals surface area contributed by atoms with Gasteiger partial charge in [-0.2, -0.15) is 0 Å². The number of hydrogen-bond donors (Lipinski definition) is 0. The van der Waals surface area contributed by atoms with Crippen molar-refractivity contribution >= 4 is 0 Å². The van der Waals surface area contributed by atoms with Gasteiger partial charge in [0.15, 0.2) is 0 Å². The predicted octanol–water partition coefficient (Wildman–Crippen LogP) is 3.01. The van der Waals surface area contributed by atoms with Gasteiger partial charge in [0.2, 0.25) is 0 Å². The highest BCUT2D eigenvalue weighted by atomic mass is 14.1. The smallest absolute Gasteiger partial charge is 0.0238 e. The lowest BCUT2D eigenvalue weighted by Crippen LogP contribution is -1.66. The molecule has 0 heterocycles. The van der Waals surface area contributed by atoms with Crippen molar-refractivity contribution in [3.63, 3.8) is 0 Å². The van der Waals surface area contributed by atoms with Crippen molar-refractivity contribution in [1.82, 2.24) is 0 Å². The molecule has 0 bridgehead atoms. The second kappa shape index (κ2) is 3.21. The molecule has 0 spiro atoms. The summed E-state index contributed by atoms with van der Waals surface area (Å²) in [5, 5.41) is 0. The Labute approximate surface area is 62.3 Å². The fraction of sp³-hybridized carbons (Fsp3) is 0.200. The van der Waals surface area contributed by atoms with Crippen LogP contribution in [0.15, 0.2) is 48.6 Å². The minimum atomic E-state index is 1.14. The van der Waals surface area contributed by atoms with Gasteiger partial charge in [0.25, 0.3) is 0 Å². The standard InChI is InChI=1S/C10H12/c1-3-5-10-7-6-9(4-2)8-10/h3-5,8H,1-2,6-7H2/b10-5-. The second-order valence-electron chi connectivity index (χ2n) is 2.40. The molecule has 0 saturated heterocycles. The zero-order valence-corrected chi connectivity index (χ0v) is 6.14. The highest BCUT2D eigenvalue weighted by molar-refractivity contribution is 5.37. The van der Waals surface area contributed by atoms with Gasteiger partial charge >= 0.3 is 0 Å². The molecule has 0 aliphatic heterocycles. The Morgan fingerprint density at radius 3 is 2.60 bits per heavy atom. The molecule has 0 unspecified atom stereocenters. The molecule has 0 amide bonds. The van der Waals surface area contributed by atoms with Crippen molar-refractivity contribution in [2.45, 2.75) is 12.8 Å². The number of hydrogen-bond acceptors (Lipinski definition) is 0. The summed E-state index contributed by atoms with van der Waals surface area (Å²) in [7, 11) is 0. The zero-order chi connectivity index (χ0) is 7.40. The normalized spacial score (nSPS) is 20.8. The topological polar surface area (TPSA) is 0 Å². The summed E-state index contributed by atoms with van der Waals surface area (Å²) < 4.78 is 0. The summed E-state index contributed by atoms with van der Waals surface area (Å²) in [6.07, 6.45) is 10.3. The van der Waals surface area contributed by atoms with Gasteiger partial charge in [0, 0.05) is 0 Å². The van der Waals surface area contributed by atoms with Crippen LogP contribution in [-0.2, 0) is 0 Å². The lowest BCUT2D eigenvalue weighted by Gasteiger charge is -1.85. The van der Waals surface area contributed by atoms with Crippen LogP contribution in [0.5, 0.6) is 0 Å². The summed E-state index contributed by atoms with van der Waals surface area (Å²) in [5.74, 6) is 0. The number of rotatable bonds is 2. The Balaban J connectivity index is 2.71. The van der Waals surface area contributed by atoms with E-state index in [9.17, 15) is 0 Å². The van der Waals surface area contributed by atoms with Crippen molar-refractivity contribution in [3.05, 3.63) is 48.6 Å². The van der Waals surface area contributed by atoms with Crippen molar-refractivity contribution < 1.29 is 0 Å². The van der Waals surface area contributed by atoms with Crippen molar-refractivity contribution in [2.24, 2.45) is 0 Å². The molecule has 10 heavy (non-hydrogen) atoms. The van der Waals surface area contributed by atoms with Crippen LogP contribution in [0.2, 0.25) is 0 Å². The Bertz CT molecular complexity index is 204. The quantitative estimate of drug-likeness (QED) is 0.541. The molecular formula is C10H12. The van der Waals surface area contributed by atoms with Crippen LogP contribution >= 0.6 is 0 Å². The molecule has 1 aliphatic rings. The van der Waals surface area contributed by atoms with E-state index in [0.29, 0.717) is 0 Å². The molecule has 52 valence electrons. The molecule has 0 heteroatoms. The maximum atomic E-state index is 3.72. The summed E-state index contributed by atoms with van der Waals surface area (Å²) >= 11 is 0. The van der Waals surface area contributed by atoms with Crippen molar-refractivity contribution in [1.29, 1.82) is 0 Å². The van der Waals surface area contributed by atoms with E-state index < -0.39 is 0 Å². The maximum absolute atomic E-state index is 3.72. The first kappa shape index (κ1) is 7.07. The van der Waals surface area contributed by atoms with E-state index >= 15 is 0 Å². The molecule has 1 aliphatic carbocycles. The van der Waals surface area contributed by atoms with E-state index in [4.69, 9.17) is 0 Å². The van der Waals surface area contributed by atoms with Crippen molar-refractivity contribution in [2.75, 3.05) is 0 Å². The van der Waals surface area contributed by atoms with Gasteiger partial charge < -0.3 is 0 Å². The van der Waals surface area contributed by atoms with E-state index in [1.165, 1.54) is 11.1 Å². The highest BCUT2D eigenvalue weighted by Gasteiger charge is 2.03. The SMILES string of the molecule is C=C/C=C1\C=C(C=C)CC1. The Kier molecular flexibility index (Phi) is 2.27.